The number of benzene rings is 1. The van der Waals surface area contributed by atoms with Crippen LogP contribution in [0.2, 0.25) is 0 Å². The molecule has 1 atom stereocenters. The third kappa shape index (κ3) is 1.72. The number of nitrogens with one attached hydrogen (secondary N) is 1. The van der Waals surface area contributed by atoms with Crippen molar-refractivity contribution >= 4 is 11.6 Å². The number of nitrogens with zero attached hydrogens (tertiary/aromatic N) is 4. The summed E-state index contributed by atoms with van der Waals surface area (Å²) >= 11 is 0. The zero-order chi connectivity index (χ0) is 13.4. The van der Waals surface area contributed by atoms with Crippen molar-refractivity contribution in [1.29, 1.82) is 10.7 Å². The van der Waals surface area contributed by atoms with Gasteiger partial charge < -0.3 is 5.41 Å². The van der Waals surface area contributed by atoms with Crippen LogP contribution in [0, 0.1) is 22.7 Å². The number of nitriles is 1. The van der Waals surface area contributed by atoms with Crippen LogP contribution in [0.15, 0.2) is 30.3 Å². The van der Waals surface area contributed by atoms with Crippen LogP contribution in [0.1, 0.15) is 10.6 Å². The Labute approximate surface area is 108 Å². The molecule has 1 N–H and O–H groups in total. The summed E-state index contributed by atoms with van der Waals surface area (Å²) in [6.07, 6.45) is 0.184. The predicted molar refractivity (Wildman–Crippen MR) is 66.6 cm³/mol. The molecule has 1 aromatic carbocycles. The number of hydrogen-bond acceptors (Lipinski definition) is 5. The van der Waals surface area contributed by atoms with Gasteiger partial charge in [-0.05, 0) is 0 Å². The van der Waals surface area contributed by atoms with Crippen LogP contribution in [0.3, 0.4) is 0 Å². The first kappa shape index (κ1) is 11.3. The highest BCUT2D eigenvalue weighted by Crippen LogP contribution is 2.20. The predicted octanol–water partition coefficient (Wildman–Crippen LogP) is 1.30. The smallest absolute Gasteiger partial charge is 0.271 e. The highest BCUT2D eigenvalue weighted by atomic mass is 16.2. The molecule has 0 fully saturated rings. The number of carbonyl (C=O) groups is 1. The summed E-state index contributed by atoms with van der Waals surface area (Å²) in [5.41, 5.74) is 0.879. The Balaban J connectivity index is 2.08. The second-order valence-electron chi connectivity index (χ2n) is 4.23. The van der Waals surface area contributed by atoms with Crippen LogP contribution in [0.25, 0.3) is 11.4 Å². The van der Waals surface area contributed by atoms with Crippen LogP contribution < -0.4 is 0 Å². The van der Waals surface area contributed by atoms with Crippen LogP contribution in [0.4, 0.5) is 0 Å². The zero-order valence-corrected chi connectivity index (χ0v) is 9.87. The summed E-state index contributed by atoms with van der Waals surface area (Å²) in [7, 11) is 0. The molecule has 6 heteroatoms. The minimum atomic E-state index is -1.04. The molecule has 19 heavy (non-hydrogen) atoms. The van der Waals surface area contributed by atoms with Crippen molar-refractivity contribution in [3.05, 3.63) is 36.2 Å². The molecule has 0 bridgehead atoms. The first-order valence-electron chi connectivity index (χ1n) is 5.73. The maximum atomic E-state index is 12.0. The van der Waals surface area contributed by atoms with Crippen molar-refractivity contribution in [1.82, 2.24) is 14.8 Å². The second-order valence-corrected chi connectivity index (χ2v) is 4.23. The Hall–Kier alpha value is -2.81. The minimum Gasteiger partial charge on any atom is -0.307 e. The number of carbonyl (C=O) groups excluding carboxylic acids is 1. The maximum absolute atomic E-state index is 12.0. The molecule has 0 radical (unpaired) electrons. The standard InChI is InChI=1S/C13H9N5O/c14-7-9-10(15)6-11-16-12(17-18(11)13(9)19)8-4-2-1-3-5-8/h1-5,9,15H,6H2/t9-/m1/s1. The van der Waals surface area contributed by atoms with Crippen molar-refractivity contribution < 1.29 is 4.79 Å². The van der Waals surface area contributed by atoms with Crippen LogP contribution >= 0.6 is 0 Å². The largest absolute Gasteiger partial charge is 0.307 e. The Bertz CT molecular complexity index is 710. The van der Waals surface area contributed by atoms with Crippen molar-refractivity contribution in [3.63, 3.8) is 0 Å². The summed E-state index contributed by atoms with van der Waals surface area (Å²) in [6, 6.07) is 11.1. The molecule has 1 aliphatic heterocycles. The second kappa shape index (κ2) is 4.14. The molecule has 1 aromatic heterocycles. The molecule has 0 amide bonds. The fraction of sp³-hybridized carbons (Fsp3) is 0.154. The Morgan fingerprint density at radius 3 is 2.79 bits per heavy atom. The number of hydrogen-bond donors (Lipinski definition) is 1. The third-order valence-corrected chi connectivity index (χ3v) is 2.99. The average molecular weight is 251 g/mol. The Morgan fingerprint density at radius 2 is 2.11 bits per heavy atom. The Kier molecular flexibility index (Phi) is 2.46. The lowest BCUT2D eigenvalue weighted by molar-refractivity contribution is 0.0867. The normalized spacial score (nSPS) is 17.9. The van der Waals surface area contributed by atoms with Gasteiger partial charge in [0.05, 0.1) is 6.07 Å². The van der Waals surface area contributed by atoms with Gasteiger partial charge in [0, 0.05) is 17.7 Å². The molecule has 2 heterocycles. The van der Waals surface area contributed by atoms with E-state index in [9.17, 15) is 4.79 Å². The van der Waals surface area contributed by atoms with Crippen molar-refractivity contribution in [3.8, 4) is 17.5 Å². The van der Waals surface area contributed by atoms with Crippen LogP contribution in [-0.4, -0.2) is 26.4 Å². The first-order chi connectivity index (χ1) is 9.20. The van der Waals surface area contributed by atoms with Crippen molar-refractivity contribution in [2.45, 2.75) is 6.42 Å². The highest BCUT2D eigenvalue weighted by Gasteiger charge is 2.34. The minimum absolute atomic E-state index is 0.0759. The maximum Gasteiger partial charge on any atom is 0.271 e. The van der Waals surface area contributed by atoms with Crippen molar-refractivity contribution in [2.75, 3.05) is 0 Å². The van der Waals surface area contributed by atoms with E-state index in [1.807, 2.05) is 36.4 Å². The topological polar surface area (TPSA) is 95.4 Å². The molecule has 0 unspecified atom stereocenters. The third-order valence-electron chi connectivity index (χ3n) is 2.99. The molecule has 2 aromatic rings. The molecular formula is C13H9N5O. The van der Waals surface area contributed by atoms with Gasteiger partial charge in [0.2, 0.25) is 0 Å². The van der Waals surface area contributed by atoms with Gasteiger partial charge in [-0.1, -0.05) is 30.3 Å². The van der Waals surface area contributed by atoms with E-state index in [1.54, 1.807) is 0 Å². The highest BCUT2D eigenvalue weighted by molar-refractivity contribution is 6.09. The van der Waals surface area contributed by atoms with E-state index in [1.165, 1.54) is 0 Å². The molecule has 1 aliphatic rings. The van der Waals surface area contributed by atoms with Gasteiger partial charge in [-0.3, -0.25) is 4.79 Å². The summed E-state index contributed by atoms with van der Waals surface area (Å²) < 4.78 is 1.15. The van der Waals surface area contributed by atoms with E-state index in [2.05, 4.69) is 10.1 Å². The quantitative estimate of drug-likeness (QED) is 0.826. The lowest BCUT2D eigenvalue weighted by Gasteiger charge is -2.15. The van der Waals surface area contributed by atoms with E-state index in [4.69, 9.17) is 10.7 Å². The summed E-state index contributed by atoms with van der Waals surface area (Å²) in [6.45, 7) is 0. The molecule has 0 aliphatic carbocycles. The molecule has 0 saturated carbocycles. The molecular weight excluding hydrogens is 242 g/mol. The van der Waals surface area contributed by atoms with Gasteiger partial charge in [0.1, 0.15) is 5.82 Å². The molecule has 0 spiro atoms. The SMILES string of the molecule is N#C[C@@H]1C(=N)Cc2nc(-c3ccccc3)nn2C1=O. The van der Waals surface area contributed by atoms with Gasteiger partial charge in [-0.15, -0.1) is 5.10 Å². The molecule has 92 valence electrons. The van der Waals surface area contributed by atoms with Crippen molar-refractivity contribution in [2.24, 2.45) is 5.92 Å². The van der Waals surface area contributed by atoms with E-state index < -0.39 is 11.8 Å². The van der Waals surface area contributed by atoms with E-state index >= 15 is 0 Å². The summed E-state index contributed by atoms with van der Waals surface area (Å²) in [4.78, 5) is 16.3. The van der Waals surface area contributed by atoms with Gasteiger partial charge >= 0.3 is 0 Å². The lowest BCUT2D eigenvalue weighted by atomic mass is 9.98. The number of fused-ring (bicyclic) bond motifs is 1. The fourth-order valence-electron chi connectivity index (χ4n) is 2.02. The fourth-order valence-corrected chi connectivity index (χ4v) is 2.02. The summed E-state index contributed by atoms with van der Waals surface area (Å²) in [5, 5.41) is 20.7. The Morgan fingerprint density at radius 1 is 1.37 bits per heavy atom. The van der Waals surface area contributed by atoms with Gasteiger partial charge in [0.25, 0.3) is 5.91 Å². The van der Waals surface area contributed by atoms with Gasteiger partial charge in [0.15, 0.2) is 11.7 Å². The molecule has 6 nitrogen and oxygen atoms in total. The zero-order valence-electron chi connectivity index (χ0n) is 9.87. The molecule has 3 rings (SSSR count). The number of rotatable bonds is 1. The summed E-state index contributed by atoms with van der Waals surface area (Å²) in [5.74, 6) is -0.683. The first-order valence-corrected chi connectivity index (χ1v) is 5.73. The van der Waals surface area contributed by atoms with E-state index in [0.29, 0.717) is 11.6 Å². The van der Waals surface area contributed by atoms with E-state index in [-0.39, 0.29) is 12.1 Å². The average Bonchev–Trinajstić information content (AvgIpc) is 2.84. The van der Waals surface area contributed by atoms with Crippen LogP contribution in [0.5, 0.6) is 0 Å². The monoisotopic (exact) mass is 251 g/mol. The molecule has 0 saturated heterocycles. The lowest BCUT2D eigenvalue weighted by Crippen LogP contribution is -2.36. The van der Waals surface area contributed by atoms with Crippen LogP contribution in [-0.2, 0) is 6.42 Å². The van der Waals surface area contributed by atoms with Gasteiger partial charge in [-0.2, -0.15) is 9.94 Å². The number of aromatic nitrogens is 3. The van der Waals surface area contributed by atoms with E-state index in [0.717, 1.165) is 10.2 Å². The van der Waals surface area contributed by atoms with Gasteiger partial charge in [-0.25, -0.2) is 4.98 Å².